The highest BCUT2D eigenvalue weighted by Gasteiger charge is 2.29. The number of benzene rings is 1. The number of hydrogen-bond acceptors (Lipinski definition) is 7. The monoisotopic (exact) mass is 347 g/mol. The number of carbonyl (C=O) groups is 1. The van der Waals surface area contributed by atoms with E-state index in [1.807, 2.05) is 11.0 Å². The van der Waals surface area contributed by atoms with E-state index in [0.29, 0.717) is 42.7 Å². The Balaban J connectivity index is 1.77. The first-order valence-corrected chi connectivity index (χ1v) is 8.14. The van der Waals surface area contributed by atoms with Crippen LogP contribution in [0.25, 0.3) is 11.4 Å². The van der Waals surface area contributed by atoms with Crippen molar-refractivity contribution in [2.75, 3.05) is 20.8 Å². The van der Waals surface area contributed by atoms with Gasteiger partial charge >= 0.3 is 5.97 Å². The Morgan fingerprint density at radius 2 is 2.12 bits per heavy atom. The minimum absolute atomic E-state index is 0.331. The fraction of sp³-hybridized carbons (Fsp3) is 0.471. The highest BCUT2D eigenvalue weighted by atomic mass is 16.5. The topological polar surface area (TPSA) is 97.9 Å². The number of aliphatic carboxylic acids is 1. The summed E-state index contributed by atoms with van der Waals surface area (Å²) in [6.07, 6.45) is 2.54. The van der Waals surface area contributed by atoms with E-state index < -0.39 is 12.0 Å². The fourth-order valence-corrected chi connectivity index (χ4v) is 3.05. The molecule has 3 rings (SSSR count). The second kappa shape index (κ2) is 7.52. The molecule has 1 N–H and O–H groups in total. The molecule has 1 aromatic heterocycles. The molecule has 1 unspecified atom stereocenters. The largest absolute Gasteiger partial charge is 0.493 e. The predicted molar refractivity (Wildman–Crippen MR) is 88.5 cm³/mol. The SMILES string of the molecule is COc1ccc(-c2noc(CN3CCCCC3C(=O)O)n2)cc1OC. The maximum absolute atomic E-state index is 11.4. The molecule has 1 saturated heterocycles. The highest BCUT2D eigenvalue weighted by molar-refractivity contribution is 5.73. The van der Waals surface area contributed by atoms with Crippen LogP contribution in [0.15, 0.2) is 22.7 Å². The van der Waals surface area contributed by atoms with Crippen LogP contribution in [-0.2, 0) is 11.3 Å². The van der Waals surface area contributed by atoms with E-state index >= 15 is 0 Å². The predicted octanol–water partition coefficient (Wildman–Crippen LogP) is 2.19. The second-order valence-electron chi connectivity index (χ2n) is 5.90. The summed E-state index contributed by atoms with van der Waals surface area (Å²) >= 11 is 0. The first kappa shape index (κ1) is 17.2. The van der Waals surface area contributed by atoms with Crippen LogP contribution in [0.2, 0.25) is 0 Å². The summed E-state index contributed by atoms with van der Waals surface area (Å²) in [4.78, 5) is 17.6. The molecule has 0 radical (unpaired) electrons. The number of aromatic nitrogens is 2. The maximum atomic E-state index is 11.4. The third kappa shape index (κ3) is 3.74. The molecule has 25 heavy (non-hydrogen) atoms. The van der Waals surface area contributed by atoms with Gasteiger partial charge < -0.3 is 19.1 Å². The molecule has 8 nitrogen and oxygen atoms in total. The van der Waals surface area contributed by atoms with Gasteiger partial charge in [0.25, 0.3) is 0 Å². The lowest BCUT2D eigenvalue weighted by Crippen LogP contribution is -2.44. The molecule has 0 aliphatic carbocycles. The van der Waals surface area contributed by atoms with Crippen molar-refractivity contribution in [3.8, 4) is 22.9 Å². The van der Waals surface area contributed by atoms with Gasteiger partial charge in [0.2, 0.25) is 11.7 Å². The summed E-state index contributed by atoms with van der Waals surface area (Å²) in [6.45, 7) is 1.04. The van der Waals surface area contributed by atoms with Crippen LogP contribution in [0.3, 0.4) is 0 Å². The first-order valence-electron chi connectivity index (χ1n) is 8.14. The Morgan fingerprint density at radius 1 is 1.32 bits per heavy atom. The molecule has 0 amide bonds. The van der Waals surface area contributed by atoms with Crippen molar-refractivity contribution in [1.29, 1.82) is 0 Å². The number of nitrogens with zero attached hydrogens (tertiary/aromatic N) is 3. The van der Waals surface area contributed by atoms with E-state index in [0.717, 1.165) is 18.4 Å². The van der Waals surface area contributed by atoms with E-state index in [1.165, 1.54) is 0 Å². The van der Waals surface area contributed by atoms with Gasteiger partial charge in [-0.1, -0.05) is 11.6 Å². The third-order valence-electron chi connectivity index (χ3n) is 4.35. The number of carboxylic acid groups (broad SMARTS) is 1. The van der Waals surface area contributed by atoms with Crippen LogP contribution < -0.4 is 9.47 Å². The number of hydrogen-bond donors (Lipinski definition) is 1. The van der Waals surface area contributed by atoms with Gasteiger partial charge in [0.15, 0.2) is 11.5 Å². The van der Waals surface area contributed by atoms with Gasteiger partial charge in [-0.15, -0.1) is 0 Å². The summed E-state index contributed by atoms with van der Waals surface area (Å²) in [5.74, 6) is 1.22. The number of piperidine rings is 1. The molecule has 134 valence electrons. The summed E-state index contributed by atoms with van der Waals surface area (Å²) in [6, 6.07) is 4.87. The van der Waals surface area contributed by atoms with Gasteiger partial charge in [-0.25, -0.2) is 0 Å². The summed E-state index contributed by atoms with van der Waals surface area (Å²) in [5, 5.41) is 13.3. The van der Waals surface area contributed by atoms with Crippen LogP contribution in [0.4, 0.5) is 0 Å². The molecule has 1 atom stereocenters. The summed E-state index contributed by atoms with van der Waals surface area (Å²) in [5.41, 5.74) is 0.737. The second-order valence-corrected chi connectivity index (χ2v) is 5.90. The van der Waals surface area contributed by atoms with Crippen LogP contribution in [-0.4, -0.2) is 52.9 Å². The highest BCUT2D eigenvalue weighted by Crippen LogP contribution is 2.31. The average molecular weight is 347 g/mol. The lowest BCUT2D eigenvalue weighted by Gasteiger charge is -2.31. The van der Waals surface area contributed by atoms with Crippen molar-refractivity contribution >= 4 is 5.97 Å². The van der Waals surface area contributed by atoms with Crippen LogP contribution in [0, 0.1) is 0 Å². The van der Waals surface area contributed by atoms with E-state index in [4.69, 9.17) is 14.0 Å². The van der Waals surface area contributed by atoms with Gasteiger partial charge in [0.1, 0.15) is 6.04 Å². The lowest BCUT2D eigenvalue weighted by molar-refractivity contribution is -0.145. The molecular formula is C17H21N3O5. The Bertz CT molecular complexity index is 746. The number of carboxylic acids is 1. The van der Waals surface area contributed by atoms with Crippen molar-refractivity contribution in [3.05, 3.63) is 24.1 Å². The third-order valence-corrected chi connectivity index (χ3v) is 4.35. The van der Waals surface area contributed by atoms with Gasteiger partial charge in [0, 0.05) is 5.56 Å². The zero-order valence-electron chi connectivity index (χ0n) is 14.3. The lowest BCUT2D eigenvalue weighted by atomic mass is 10.0. The molecule has 1 aliphatic heterocycles. The Morgan fingerprint density at radius 3 is 2.84 bits per heavy atom. The average Bonchev–Trinajstić information content (AvgIpc) is 3.10. The standard InChI is InChI=1S/C17H21N3O5/c1-23-13-7-6-11(9-14(13)24-2)16-18-15(25-19-16)10-20-8-4-3-5-12(20)17(21)22/h6-7,9,12H,3-5,8,10H2,1-2H3,(H,21,22). The first-order chi connectivity index (χ1) is 12.1. The smallest absolute Gasteiger partial charge is 0.320 e. The van der Waals surface area contributed by atoms with E-state index in [2.05, 4.69) is 10.1 Å². The van der Waals surface area contributed by atoms with Crippen LogP contribution in [0.5, 0.6) is 11.5 Å². The zero-order chi connectivity index (χ0) is 17.8. The van der Waals surface area contributed by atoms with Gasteiger partial charge in [-0.05, 0) is 37.6 Å². The fourth-order valence-electron chi connectivity index (χ4n) is 3.05. The molecule has 1 aliphatic rings. The molecule has 8 heteroatoms. The summed E-state index contributed by atoms with van der Waals surface area (Å²) < 4.78 is 15.8. The quantitative estimate of drug-likeness (QED) is 0.849. The minimum Gasteiger partial charge on any atom is -0.493 e. The minimum atomic E-state index is -0.806. The molecule has 0 saturated carbocycles. The normalized spacial score (nSPS) is 18.1. The van der Waals surface area contributed by atoms with Gasteiger partial charge in [0.05, 0.1) is 20.8 Å². The number of methoxy groups -OCH3 is 2. The number of rotatable bonds is 6. The van der Waals surface area contributed by atoms with Crippen molar-refractivity contribution in [2.45, 2.75) is 31.8 Å². The zero-order valence-corrected chi connectivity index (χ0v) is 14.3. The van der Waals surface area contributed by atoms with Crippen LogP contribution >= 0.6 is 0 Å². The van der Waals surface area contributed by atoms with Crippen molar-refractivity contribution in [1.82, 2.24) is 15.0 Å². The van der Waals surface area contributed by atoms with Crippen molar-refractivity contribution in [2.24, 2.45) is 0 Å². The van der Waals surface area contributed by atoms with E-state index in [9.17, 15) is 9.90 Å². The molecule has 1 fully saturated rings. The van der Waals surface area contributed by atoms with E-state index in [1.54, 1.807) is 26.4 Å². The van der Waals surface area contributed by atoms with Gasteiger partial charge in [-0.3, -0.25) is 9.69 Å². The van der Waals surface area contributed by atoms with Crippen molar-refractivity contribution in [3.63, 3.8) is 0 Å². The Hall–Kier alpha value is -2.61. The van der Waals surface area contributed by atoms with Crippen molar-refractivity contribution < 1.29 is 23.9 Å². The molecule has 0 bridgehead atoms. The number of ether oxygens (including phenoxy) is 2. The molecule has 2 aromatic rings. The Labute approximate surface area is 145 Å². The summed E-state index contributed by atoms with van der Waals surface area (Å²) in [7, 11) is 3.13. The number of likely N-dealkylation sites (tertiary alicyclic amines) is 1. The Kier molecular flexibility index (Phi) is 5.18. The molecular weight excluding hydrogens is 326 g/mol. The molecule has 0 spiro atoms. The van der Waals surface area contributed by atoms with Gasteiger partial charge in [-0.2, -0.15) is 4.98 Å². The molecule has 1 aromatic carbocycles. The maximum Gasteiger partial charge on any atom is 0.320 e. The molecule has 2 heterocycles. The van der Waals surface area contributed by atoms with Crippen LogP contribution in [0.1, 0.15) is 25.2 Å². The van der Waals surface area contributed by atoms with E-state index in [-0.39, 0.29) is 0 Å².